The minimum Gasteiger partial charge on any atom is -0.325 e. The molecule has 1 N–H and O–H groups in total. The molecule has 7 heteroatoms. The molecule has 24 heavy (non-hydrogen) atoms. The number of nitrogens with one attached hydrogen (secondary N) is 1. The average Bonchev–Trinajstić information content (AvgIpc) is 3.05. The molecule has 0 aliphatic rings. The molecular weight excluding hydrogens is 365 g/mol. The molecule has 0 unspecified atom stereocenters. The zero-order valence-electron chi connectivity index (χ0n) is 12.5. The van der Waals surface area contributed by atoms with Gasteiger partial charge < -0.3 is 5.32 Å². The van der Waals surface area contributed by atoms with Gasteiger partial charge in [0.1, 0.15) is 0 Å². The highest BCUT2D eigenvalue weighted by Crippen LogP contribution is 2.26. The molecule has 0 aliphatic carbocycles. The van der Waals surface area contributed by atoms with Crippen LogP contribution in [0.25, 0.3) is 11.3 Å². The first-order valence-corrected chi connectivity index (χ1v) is 8.85. The predicted octanol–water partition coefficient (Wildman–Crippen LogP) is 5.08. The smallest absolute Gasteiger partial charge is 0.224 e. The molecular formula is C17H13Cl2N3OS. The third-order valence-electron chi connectivity index (χ3n) is 3.30. The van der Waals surface area contributed by atoms with E-state index >= 15 is 0 Å². The van der Waals surface area contributed by atoms with Crippen molar-refractivity contribution in [3.05, 3.63) is 63.2 Å². The third kappa shape index (κ3) is 4.32. The quantitative estimate of drug-likeness (QED) is 0.673. The maximum atomic E-state index is 12.1. The van der Waals surface area contributed by atoms with Crippen molar-refractivity contribution >= 4 is 46.1 Å². The fourth-order valence-electron chi connectivity index (χ4n) is 2.10. The van der Waals surface area contributed by atoms with Gasteiger partial charge in [0.25, 0.3) is 0 Å². The summed E-state index contributed by atoms with van der Waals surface area (Å²) in [6, 6.07) is 8.79. The minimum atomic E-state index is -0.111. The van der Waals surface area contributed by atoms with Crippen LogP contribution in [-0.4, -0.2) is 15.9 Å². The molecule has 0 bridgehead atoms. The lowest BCUT2D eigenvalue weighted by Crippen LogP contribution is -2.12. The van der Waals surface area contributed by atoms with Crippen LogP contribution in [0, 0.1) is 0 Å². The Morgan fingerprint density at radius 1 is 1.17 bits per heavy atom. The summed E-state index contributed by atoms with van der Waals surface area (Å²) in [6.45, 7) is 0. The number of halogens is 2. The van der Waals surface area contributed by atoms with Gasteiger partial charge in [-0.05, 0) is 30.3 Å². The summed E-state index contributed by atoms with van der Waals surface area (Å²) in [5.41, 5.74) is 2.48. The highest BCUT2D eigenvalue weighted by molar-refractivity contribution is 7.09. The lowest BCUT2D eigenvalue weighted by Gasteiger charge is -2.06. The van der Waals surface area contributed by atoms with Crippen LogP contribution in [0.15, 0.2) is 48.1 Å². The van der Waals surface area contributed by atoms with E-state index in [9.17, 15) is 4.79 Å². The number of aryl methyl sites for hydroxylation is 1. The molecule has 4 nitrogen and oxygen atoms in total. The molecule has 2 heterocycles. The van der Waals surface area contributed by atoms with Crippen molar-refractivity contribution in [1.82, 2.24) is 9.97 Å². The van der Waals surface area contributed by atoms with Crippen LogP contribution in [0.1, 0.15) is 11.4 Å². The van der Waals surface area contributed by atoms with Crippen LogP contribution >= 0.6 is 34.5 Å². The molecule has 0 fully saturated rings. The molecule has 0 saturated carbocycles. The summed E-state index contributed by atoms with van der Waals surface area (Å²) in [5, 5.41) is 6.64. The summed E-state index contributed by atoms with van der Waals surface area (Å²) < 4.78 is 0. The van der Waals surface area contributed by atoms with E-state index in [1.54, 1.807) is 41.9 Å². The first kappa shape index (κ1) is 16.9. The SMILES string of the molecule is O=C(CCc1nc(-c2ccncc2)cs1)Nc1ccc(Cl)cc1Cl. The molecule has 1 amide bonds. The second-order valence-corrected chi connectivity index (χ2v) is 6.82. The van der Waals surface area contributed by atoms with E-state index in [-0.39, 0.29) is 5.91 Å². The van der Waals surface area contributed by atoms with Gasteiger partial charge in [0.15, 0.2) is 0 Å². The van der Waals surface area contributed by atoms with E-state index < -0.39 is 0 Å². The first-order valence-electron chi connectivity index (χ1n) is 7.21. The zero-order valence-corrected chi connectivity index (χ0v) is 14.8. The van der Waals surface area contributed by atoms with Crippen LogP contribution in [0.5, 0.6) is 0 Å². The molecule has 2 aromatic heterocycles. The molecule has 0 saturated heterocycles. The van der Waals surface area contributed by atoms with Gasteiger partial charge in [0.2, 0.25) is 5.91 Å². The van der Waals surface area contributed by atoms with E-state index in [2.05, 4.69) is 15.3 Å². The molecule has 0 radical (unpaired) electrons. The van der Waals surface area contributed by atoms with Crippen LogP contribution in [0.4, 0.5) is 5.69 Å². The van der Waals surface area contributed by atoms with Crippen LogP contribution < -0.4 is 5.32 Å². The fourth-order valence-corrected chi connectivity index (χ4v) is 3.37. The molecule has 122 valence electrons. The Kier molecular flexibility index (Phi) is 5.45. The second kappa shape index (κ2) is 7.75. The molecule has 3 rings (SSSR count). The van der Waals surface area contributed by atoms with E-state index in [0.717, 1.165) is 16.3 Å². The van der Waals surface area contributed by atoms with Gasteiger partial charge in [0, 0.05) is 41.2 Å². The number of carbonyl (C=O) groups is 1. The van der Waals surface area contributed by atoms with Gasteiger partial charge in [-0.2, -0.15) is 0 Å². The van der Waals surface area contributed by atoms with Crippen molar-refractivity contribution in [2.45, 2.75) is 12.8 Å². The Labute approximate surface area is 153 Å². The lowest BCUT2D eigenvalue weighted by molar-refractivity contribution is -0.116. The number of thiazole rings is 1. The van der Waals surface area contributed by atoms with Crippen molar-refractivity contribution in [3.63, 3.8) is 0 Å². The highest BCUT2D eigenvalue weighted by atomic mass is 35.5. The number of aromatic nitrogens is 2. The number of carbonyl (C=O) groups excluding carboxylic acids is 1. The largest absolute Gasteiger partial charge is 0.325 e. The normalized spacial score (nSPS) is 10.6. The fraction of sp³-hybridized carbons (Fsp3) is 0.118. The van der Waals surface area contributed by atoms with Crippen LogP contribution in [0.2, 0.25) is 10.0 Å². The lowest BCUT2D eigenvalue weighted by atomic mass is 10.2. The number of hydrogen-bond donors (Lipinski definition) is 1. The van der Waals surface area contributed by atoms with Crippen molar-refractivity contribution in [2.75, 3.05) is 5.32 Å². The molecule has 0 spiro atoms. The number of pyridine rings is 1. The van der Waals surface area contributed by atoms with E-state index in [1.807, 2.05) is 17.5 Å². The number of rotatable bonds is 5. The monoisotopic (exact) mass is 377 g/mol. The summed E-state index contributed by atoms with van der Waals surface area (Å²) in [4.78, 5) is 20.6. The van der Waals surface area contributed by atoms with Gasteiger partial charge in [-0.15, -0.1) is 11.3 Å². The minimum absolute atomic E-state index is 0.111. The molecule has 3 aromatic rings. The topological polar surface area (TPSA) is 54.9 Å². The van der Waals surface area contributed by atoms with Gasteiger partial charge in [0.05, 0.1) is 21.4 Å². The number of benzene rings is 1. The van der Waals surface area contributed by atoms with Crippen molar-refractivity contribution in [3.8, 4) is 11.3 Å². The maximum Gasteiger partial charge on any atom is 0.224 e. The number of anilines is 1. The Balaban J connectivity index is 1.58. The van der Waals surface area contributed by atoms with Crippen molar-refractivity contribution in [1.29, 1.82) is 0 Å². The standard InChI is InChI=1S/C17H13Cl2N3OS/c18-12-1-2-14(13(19)9-12)21-16(23)3-4-17-22-15(10-24-17)11-5-7-20-8-6-11/h1-2,5-10H,3-4H2,(H,21,23). The Hall–Kier alpha value is -1.95. The van der Waals surface area contributed by atoms with Crippen LogP contribution in [0.3, 0.4) is 0 Å². The van der Waals surface area contributed by atoms with E-state index in [4.69, 9.17) is 23.2 Å². The van der Waals surface area contributed by atoms with E-state index in [0.29, 0.717) is 28.6 Å². The highest BCUT2D eigenvalue weighted by Gasteiger charge is 2.09. The number of amides is 1. The Morgan fingerprint density at radius 3 is 2.71 bits per heavy atom. The zero-order chi connectivity index (χ0) is 16.9. The molecule has 1 aromatic carbocycles. The summed E-state index contributed by atoms with van der Waals surface area (Å²) in [6.07, 6.45) is 4.38. The molecule has 0 atom stereocenters. The Bertz CT molecular complexity index is 852. The van der Waals surface area contributed by atoms with Gasteiger partial charge in [-0.1, -0.05) is 23.2 Å². The van der Waals surface area contributed by atoms with Gasteiger partial charge in [-0.3, -0.25) is 9.78 Å². The van der Waals surface area contributed by atoms with Crippen molar-refractivity contribution < 1.29 is 4.79 Å². The van der Waals surface area contributed by atoms with Gasteiger partial charge in [-0.25, -0.2) is 4.98 Å². The molecule has 0 aliphatic heterocycles. The number of hydrogen-bond acceptors (Lipinski definition) is 4. The Morgan fingerprint density at radius 2 is 1.96 bits per heavy atom. The van der Waals surface area contributed by atoms with Crippen molar-refractivity contribution in [2.24, 2.45) is 0 Å². The maximum absolute atomic E-state index is 12.1. The summed E-state index contributed by atoms with van der Waals surface area (Å²) in [7, 11) is 0. The van der Waals surface area contributed by atoms with E-state index in [1.165, 1.54) is 0 Å². The number of nitrogens with zero attached hydrogens (tertiary/aromatic N) is 2. The van der Waals surface area contributed by atoms with Crippen LogP contribution in [-0.2, 0) is 11.2 Å². The average molecular weight is 378 g/mol. The third-order valence-corrected chi connectivity index (χ3v) is 4.76. The van der Waals surface area contributed by atoms with Gasteiger partial charge >= 0.3 is 0 Å². The summed E-state index contributed by atoms with van der Waals surface area (Å²) in [5.74, 6) is -0.111. The summed E-state index contributed by atoms with van der Waals surface area (Å²) >= 11 is 13.4. The first-order chi connectivity index (χ1) is 11.6. The predicted molar refractivity (Wildman–Crippen MR) is 98.8 cm³/mol. The second-order valence-electron chi connectivity index (χ2n) is 5.03.